The summed E-state index contributed by atoms with van der Waals surface area (Å²) < 4.78 is 7.22. The van der Waals surface area contributed by atoms with E-state index in [0.29, 0.717) is 27.8 Å². The summed E-state index contributed by atoms with van der Waals surface area (Å²) in [5.41, 5.74) is 2.69. The van der Waals surface area contributed by atoms with Gasteiger partial charge < -0.3 is 10.1 Å². The van der Waals surface area contributed by atoms with Crippen LogP contribution in [0.3, 0.4) is 0 Å². The van der Waals surface area contributed by atoms with Crippen molar-refractivity contribution in [2.24, 2.45) is 0 Å². The van der Waals surface area contributed by atoms with Crippen molar-refractivity contribution < 1.29 is 14.3 Å². The van der Waals surface area contributed by atoms with Crippen LogP contribution in [0.25, 0.3) is 11.0 Å². The van der Waals surface area contributed by atoms with Gasteiger partial charge in [-0.1, -0.05) is 13.8 Å². The first-order chi connectivity index (χ1) is 14.7. The average Bonchev–Trinajstić information content (AvgIpc) is 3.17. The van der Waals surface area contributed by atoms with E-state index in [1.165, 1.54) is 6.92 Å². The van der Waals surface area contributed by atoms with Gasteiger partial charge in [-0.3, -0.25) is 4.79 Å². The van der Waals surface area contributed by atoms with Crippen LogP contribution in [0.5, 0.6) is 0 Å². The Morgan fingerprint density at radius 3 is 2.39 bits per heavy atom. The van der Waals surface area contributed by atoms with Crippen molar-refractivity contribution in [1.29, 1.82) is 5.26 Å². The van der Waals surface area contributed by atoms with Crippen LogP contribution in [0.1, 0.15) is 68.2 Å². The lowest BCUT2D eigenvalue weighted by Crippen LogP contribution is -2.30. The maximum absolute atomic E-state index is 13.0. The fraction of sp³-hybridized carbons (Fsp3) is 0.348. The first-order valence-corrected chi connectivity index (χ1v) is 10.1. The van der Waals surface area contributed by atoms with Crippen LogP contribution in [0.4, 0.5) is 5.69 Å². The zero-order chi connectivity index (χ0) is 22.7. The molecule has 0 unspecified atom stereocenters. The summed E-state index contributed by atoms with van der Waals surface area (Å²) in [4.78, 5) is 30.1. The van der Waals surface area contributed by atoms with Gasteiger partial charge in [-0.25, -0.2) is 14.5 Å². The number of carbonyl (C=O) groups excluding carboxylic acids is 2. The largest absolute Gasteiger partial charge is 0.449 e. The van der Waals surface area contributed by atoms with Crippen LogP contribution < -0.4 is 5.32 Å². The second-order valence-corrected chi connectivity index (χ2v) is 7.90. The topological polar surface area (TPSA) is 110 Å². The Balaban J connectivity index is 1.83. The number of fused-ring (bicyclic) bond motifs is 1. The van der Waals surface area contributed by atoms with Gasteiger partial charge in [-0.05, 0) is 57.0 Å². The Hall–Kier alpha value is -3.73. The molecular formula is C23H25N5O3. The summed E-state index contributed by atoms with van der Waals surface area (Å²) in [5.74, 6) is -0.978. The molecule has 1 N–H and O–H groups in total. The molecule has 0 saturated heterocycles. The number of esters is 1. The molecule has 2 heterocycles. The number of amides is 1. The smallest absolute Gasteiger partial charge is 0.339 e. The van der Waals surface area contributed by atoms with Crippen LogP contribution in [0.15, 0.2) is 36.5 Å². The van der Waals surface area contributed by atoms with Gasteiger partial charge in [0.2, 0.25) is 0 Å². The number of nitriles is 1. The van der Waals surface area contributed by atoms with Crippen LogP contribution in [-0.4, -0.2) is 32.7 Å². The normalized spacial score (nSPS) is 12.1. The molecule has 1 amide bonds. The monoisotopic (exact) mass is 419 g/mol. The lowest BCUT2D eigenvalue weighted by Gasteiger charge is -2.15. The molecule has 0 spiro atoms. The molecule has 0 fully saturated rings. The maximum atomic E-state index is 13.0. The molecule has 0 aliphatic rings. The number of anilines is 1. The Bertz CT molecular complexity index is 1160. The highest BCUT2D eigenvalue weighted by Gasteiger charge is 2.24. The minimum atomic E-state index is -1.02. The molecule has 31 heavy (non-hydrogen) atoms. The lowest BCUT2D eigenvalue weighted by atomic mass is 10.1. The van der Waals surface area contributed by atoms with Crippen molar-refractivity contribution in [2.75, 3.05) is 5.32 Å². The van der Waals surface area contributed by atoms with Gasteiger partial charge in [0.1, 0.15) is 0 Å². The average molecular weight is 419 g/mol. The molecule has 0 bridgehead atoms. The Kier molecular flexibility index (Phi) is 6.35. The number of nitrogens with zero attached hydrogens (tertiary/aromatic N) is 4. The number of nitrogens with one attached hydrogen (secondary N) is 1. The van der Waals surface area contributed by atoms with Crippen molar-refractivity contribution in [3.63, 3.8) is 0 Å². The third-order valence-corrected chi connectivity index (χ3v) is 4.82. The number of hydrogen-bond donors (Lipinski definition) is 1. The number of hydrogen-bond acceptors (Lipinski definition) is 6. The van der Waals surface area contributed by atoms with Crippen LogP contribution in [-0.2, 0) is 9.53 Å². The standard InChI is InChI=1S/C23H25N5O3/c1-13(2)20-10-18(19-12-25-28(14(3)4)21(19)27-20)23(30)31-15(5)22(29)26-17-8-6-16(11-24)7-9-17/h6-10,12-15H,1-5H3,(H,26,29)/t15-/m1/s1. The fourth-order valence-electron chi connectivity index (χ4n) is 3.03. The first kappa shape index (κ1) is 22.0. The van der Waals surface area contributed by atoms with Crippen molar-refractivity contribution in [3.05, 3.63) is 53.3 Å². The van der Waals surface area contributed by atoms with Gasteiger partial charge >= 0.3 is 5.97 Å². The summed E-state index contributed by atoms with van der Waals surface area (Å²) in [6, 6.07) is 10.2. The SMILES string of the molecule is CC(C)c1cc(C(=O)O[C@H](C)C(=O)Nc2ccc(C#N)cc2)c2cnn(C(C)C)c2n1. The van der Waals surface area contributed by atoms with Gasteiger partial charge in [-0.15, -0.1) is 0 Å². The Morgan fingerprint density at radius 1 is 1.13 bits per heavy atom. The summed E-state index contributed by atoms with van der Waals surface area (Å²) in [6.07, 6.45) is 0.582. The molecule has 160 valence electrons. The van der Waals surface area contributed by atoms with E-state index in [4.69, 9.17) is 10.00 Å². The summed E-state index contributed by atoms with van der Waals surface area (Å²) in [7, 11) is 0. The van der Waals surface area contributed by atoms with Gasteiger partial charge in [0.05, 0.1) is 28.8 Å². The molecule has 8 nitrogen and oxygen atoms in total. The van der Waals surface area contributed by atoms with E-state index in [9.17, 15) is 9.59 Å². The number of pyridine rings is 1. The number of carbonyl (C=O) groups is 2. The minimum absolute atomic E-state index is 0.0772. The predicted molar refractivity (Wildman–Crippen MR) is 117 cm³/mol. The second-order valence-electron chi connectivity index (χ2n) is 7.90. The lowest BCUT2D eigenvalue weighted by molar-refractivity contribution is -0.123. The molecule has 8 heteroatoms. The van der Waals surface area contributed by atoms with Gasteiger partial charge in [0, 0.05) is 17.4 Å². The summed E-state index contributed by atoms with van der Waals surface area (Å²) in [6.45, 7) is 9.48. The molecule has 1 atom stereocenters. The number of aromatic nitrogens is 3. The zero-order valence-electron chi connectivity index (χ0n) is 18.2. The Labute approximate surface area is 180 Å². The fourth-order valence-corrected chi connectivity index (χ4v) is 3.03. The Morgan fingerprint density at radius 2 is 1.81 bits per heavy atom. The summed E-state index contributed by atoms with van der Waals surface area (Å²) in [5, 5.41) is 16.5. The van der Waals surface area contributed by atoms with E-state index in [1.54, 1.807) is 41.2 Å². The number of benzene rings is 1. The maximum Gasteiger partial charge on any atom is 0.339 e. The van der Waals surface area contributed by atoms with Crippen molar-refractivity contribution in [2.45, 2.75) is 52.7 Å². The molecule has 0 radical (unpaired) electrons. The van der Waals surface area contributed by atoms with Gasteiger partial charge in [0.15, 0.2) is 11.8 Å². The molecular weight excluding hydrogens is 394 g/mol. The van der Waals surface area contributed by atoms with E-state index in [1.807, 2.05) is 33.8 Å². The van der Waals surface area contributed by atoms with E-state index in [0.717, 1.165) is 5.69 Å². The molecule has 3 aromatic rings. The first-order valence-electron chi connectivity index (χ1n) is 10.1. The highest BCUT2D eigenvalue weighted by atomic mass is 16.5. The number of rotatable bonds is 6. The van der Waals surface area contributed by atoms with E-state index >= 15 is 0 Å². The van der Waals surface area contributed by atoms with E-state index in [-0.39, 0.29) is 12.0 Å². The zero-order valence-corrected chi connectivity index (χ0v) is 18.2. The van der Waals surface area contributed by atoms with Gasteiger partial charge in [0.25, 0.3) is 5.91 Å². The van der Waals surface area contributed by atoms with Crippen molar-refractivity contribution in [1.82, 2.24) is 14.8 Å². The number of ether oxygens (including phenoxy) is 1. The molecule has 3 rings (SSSR count). The predicted octanol–water partition coefficient (Wildman–Crippen LogP) is 4.19. The third kappa shape index (κ3) is 4.72. The van der Waals surface area contributed by atoms with E-state index in [2.05, 4.69) is 15.4 Å². The molecule has 2 aromatic heterocycles. The van der Waals surface area contributed by atoms with Crippen LogP contribution in [0, 0.1) is 11.3 Å². The molecule has 0 aliphatic heterocycles. The third-order valence-electron chi connectivity index (χ3n) is 4.82. The highest BCUT2D eigenvalue weighted by Crippen LogP contribution is 2.25. The summed E-state index contributed by atoms with van der Waals surface area (Å²) >= 11 is 0. The molecule has 0 saturated carbocycles. The van der Waals surface area contributed by atoms with Crippen LogP contribution in [0.2, 0.25) is 0 Å². The quantitative estimate of drug-likeness (QED) is 0.600. The molecule has 1 aromatic carbocycles. The second kappa shape index (κ2) is 8.96. The minimum Gasteiger partial charge on any atom is -0.449 e. The highest BCUT2D eigenvalue weighted by molar-refractivity contribution is 6.04. The van der Waals surface area contributed by atoms with Crippen molar-refractivity contribution >= 4 is 28.6 Å². The molecule has 0 aliphatic carbocycles. The van der Waals surface area contributed by atoms with E-state index < -0.39 is 18.0 Å². The van der Waals surface area contributed by atoms with Gasteiger partial charge in [-0.2, -0.15) is 10.4 Å². The van der Waals surface area contributed by atoms with Crippen LogP contribution >= 0.6 is 0 Å². The van der Waals surface area contributed by atoms with Crippen molar-refractivity contribution in [3.8, 4) is 6.07 Å².